The number of aryl methyl sites for hydroxylation is 2. The maximum atomic E-state index is 13.3. The highest BCUT2D eigenvalue weighted by molar-refractivity contribution is 7.93. The summed E-state index contributed by atoms with van der Waals surface area (Å²) in [7, 11) is -2.25. The number of hydrogen-bond acceptors (Lipinski definition) is 6. The van der Waals surface area contributed by atoms with E-state index in [1.165, 1.54) is 22.7 Å². The molecule has 4 rings (SSSR count). The molecular weight excluding hydrogens is 406 g/mol. The molecule has 2 aromatic carbocycles. The number of nitrogens with zero attached hydrogens (tertiary/aromatic N) is 3. The number of sulfonamides is 1. The van der Waals surface area contributed by atoms with Crippen molar-refractivity contribution in [3.8, 4) is 22.2 Å². The SMILES string of the molecule is Cc1cccc(N(C)S(=O)(=O)c2ccsc2-c2nc(-c3ccccc3C)no2)c1. The van der Waals surface area contributed by atoms with Gasteiger partial charge < -0.3 is 4.52 Å². The summed E-state index contributed by atoms with van der Waals surface area (Å²) in [5.74, 6) is 0.622. The van der Waals surface area contributed by atoms with Crippen molar-refractivity contribution in [3.63, 3.8) is 0 Å². The molecule has 4 aromatic rings. The van der Waals surface area contributed by atoms with Crippen LogP contribution in [0.4, 0.5) is 5.69 Å². The molecule has 0 saturated heterocycles. The molecular formula is C21H19N3O3S2. The van der Waals surface area contributed by atoms with Gasteiger partial charge in [-0.2, -0.15) is 4.98 Å². The van der Waals surface area contributed by atoms with Crippen molar-refractivity contribution < 1.29 is 12.9 Å². The summed E-state index contributed by atoms with van der Waals surface area (Å²) >= 11 is 1.26. The van der Waals surface area contributed by atoms with Gasteiger partial charge in [-0.1, -0.05) is 41.6 Å². The minimum absolute atomic E-state index is 0.145. The van der Waals surface area contributed by atoms with Crippen molar-refractivity contribution >= 4 is 27.0 Å². The zero-order chi connectivity index (χ0) is 20.6. The van der Waals surface area contributed by atoms with E-state index < -0.39 is 10.0 Å². The van der Waals surface area contributed by atoms with Gasteiger partial charge in [-0.15, -0.1) is 11.3 Å². The number of rotatable bonds is 5. The maximum absolute atomic E-state index is 13.3. The Labute approximate surface area is 173 Å². The Kier molecular flexibility index (Phi) is 4.97. The van der Waals surface area contributed by atoms with E-state index in [9.17, 15) is 8.42 Å². The molecule has 0 spiro atoms. The smallest absolute Gasteiger partial charge is 0.269 e. The summed E-state index contributed by atoms with van der Waals surface area (Å²) in [6, 6.07) is 16.6. The molecule has 6 nitrogen and oxygen atoms in total. The first kappa shape index (κ1) is 19.4. The van der Waals surface area contributed by atoms with Crippen LogP contribution in [0.25, 0.3) is 22.2 Å². The number of aromatic nitrogens is 2. The second kappa shape index (κ2) is 7.46. The minimum atomic E-state index is -3.79. The van der Waals surface area contributed by atoms with Crippen LogP contribution >= 0.6 is 11.3 Å². The second-order valence-corrected chi connectivity index (χ2v) is 9.52. The van der Waals surface area contributed by atoms with Gasteiger partial charge in [0.05, 0.1) is 5.69 Å². The molecule has 0 aliphatic carbocycles. The molecule has 0 fully saturated rings. The topological polar surface area (TPSA) is 76.3 Å². The average molecular weight is 426 g/mol. The lowest BCUT2D eigenvalue weighted by Gasteiger charge is -2.19. The summed E-state index contributed by atoms with van der Waals surface area (Å²) in [5.41, 5.74) is 3.43. The van der Waals surface area contributed by atoms with Gasteiger partial charge in [-0.05, 0) is 48.6 Å². The molecule has 0 saturated carbocycles. The molecule has 0 radical (unpaired) electrons. The van der Waals surface area contributed by atoms with Crippen molar-refractivity contribution in [3.05, 3.63) is 71.1 Å². The van der Waals surface area contributed by atoms with E-state index in [1.54, 1.807) is 17.5 Å². The summed E-state index contributed by atoms with van der Waals surface area (Å²) in [6.07, 6.45) is 0. The molecule has 0 atom stereocenters. The monoisotopic (exact) mass is 425 g/mol. The fraction of sp³-hybridized carbons (Fsp3) is 0.143. The van der Waals surface area contributed by atoms with E-state index >= 15 is 0 Å². The van der Waals surface area contributed by atoms with Crippen molar-refractivity contribution in [2.75, 3.05) is 11.4 Å². The van der Waals surface area contributed by atoms with Crippen LogP contribution in [0.5, 0.6) is 0 Å². The normalized spacial score (nSPS) is 11.6. The zero-order valence-electron chi connectivity index (χ0n) is 16.2. The first-order chi connectivity index (χ1) is 13.9. The average Bonchev–Trinajstić information content (AvgIpc) is 3.37. The van der Waals surface area contributed by atoms with E-state index in [1.807, 2.05) is 56.3 Å². The summed E-state index contributed by atoms with van der Waals surface area (Å²) in [5, 5.41) is 5.77. The highest BCUT2D eigenvalue weighted by atomic mass is 32.2. The van der Waals surface area contributed by atoms with Gasteiger partial charge in [0.15, 0.2) is 0 Å². The molecule has 0 unspecified atom stereocenters. The Morgan fingerprint density at radius 3 is 2.59 bits per heavy atom. The van der Waals surface area contributed by atoms with Gasteiger partial charge in [0.1, 0.15) is 9.77 Å². The fourth-order valence-electron chi connectivity index (χ4n) is 3.02. The molecule has 2 aromatic heterocycles. The molecule has 2 heterocycles. The highest BCUT2D eigenvalue weighted by Crippen LogP contribution is 2.35. The number of benzene rings is 2. The first-order valence-electron chi connectivity index (χ1n) is 8.91. The Bertz CT molecular complexity index is 1280. The van der Waals surface area contributed by atoms with Crippen LogP contribution in [0.2, 0.25) is 0 Å². The van der Waals surface area contributed by atoms with Gasteiger partial charge >= 0.3 is 0 Å². The van der Waals surface area contributed by atoms with Gasteiger partial charge in [0.2, 0.25) is 5.82 Å². The third-order valence-electron chi connectivity index (χ3n) is 4.64. The largest absolute Gasteiger partial charge is 0.333 e. The van der Waals surface area contributed by atoms with E-state index in [0.29, 0.717) is 16.4 Å². The van der Waals surface area contributed by atoms with Crippen LogP contribution in [0, 0.1) is 13.8 Å². The van der Waals surface area contributed by atoms with E-state index in [2.05, 4.69) is 10.1 Å². The van der Waals surface area contributed by atoms with Gasteiger partial charge in [-0.3, -0.25) is 4.31 Å². The summed E-state index contributed by atoms with van der Waals surface area (Å²) in [6.45, 7) is 3.88. The van der Waals surface area contributed by atoms with E-state index in [0.717, 1.165) is 16.7 Å². The van der Waals surface area contributed by atoms with E-state index in [-0.39, 0.29) is 10.8 Å². The van der Waals surface area contributed by atoms with Crippen molar-refractivity contribution in [1.29, 1.82) is 0 Å². The van der Waals surface area contributed by atoms with E-state index in [4.69, 9.17) is 4.52 Å². The molecule has 8 heteroatoms. The minimum Gasteiger partial charge on any atom is -0.333 e. The summed E-state index contributed by atoms with van der Waals surface area (Å²) in [4.78, 5) is 5.03. The zero-order valence-corrected chi connectivity index (χ0v) is 17.8. The Morgan fingerprint density at radius 1 is 1.03 bits per heavy atom. The Balaban J connectivity index is 1.73. The van der Waals surface area contributed by atoms with Crippen LogP contribution in [0.1, 0.15) is 11.1 Å². The third kappa shape index (κ3) is 3.56. The van der Waals surface area contributed by atoms with Gasteiger partial charge in [-0.25, -0.2) is 8.42 Å². The van der Waals surface area contributed by atoms with Crippen LogP contribution in [0.15, 0.2) is 69.4 Å². The molecule has 29 heavy (non-hydrogen) atoms. The molecule has 0 bridgehead atoms. The van der Waals surface area contributed by atoms with Crippen molar-refractivity contribution in [1.82, 2.24) is 10.1 Å². The van der Waals surface area contributed by atoms with Crippen LogP contribution in [0.3, 0.4) is 0 Å². The lowest BCUT2D eigenvalue weighted by molar-refractivity contribution is 0.432. The Morgan fingerprint density at radius 2 is 1.83 bits per heavy atom. The number of anilines is 1. The summed E-state index contributed by atoms with van der Waals surface area (Å²) < 4.78 is 33.2. The van der Waals surface area contributed by atoms with Gasteiger partial charge in [0.25, 0.3) is 15.9 Å². The second-order valence-electron chi connectivity index (χ2n) is 6.66. The van der Waals surface area contributed by atoms with Crippen LogP contribution in [-0.4, -0.2) is 25.6 Å². The number of hydrogen-bond donors (Lipinski definition) is 0. The lowest BCUT2D eigenvalue weighted by Crippen LogP contribution is -2.26. The first-order valence-corrected chi connectivity index (χ1v) is 11.2. The van der Waals surface area contributed by atoms with Crippen molar-refractivity contribution in [2.45, 2.75) is 18.7 Å². The molecule has 0 aliphatic heterocycles. The molecule has 0 amide bonds. The van der Waals surface area contributed by atoms with Gasteiger partial charge in [0, 0.05) is 12.6 Å². The predicted octanol–water partition coefficient (Wildman–Crippen LogP) is 4.91. The standard InChI is InChI=1S/C21H19N3O3S2/c1-14-7-6-9-16(13-14)24(3)29(25,26)18-11-12-28-19(18)21-22-20(23-27-21)17-10-5-4-8-15(17)2/h4-13H,1-3H3. The molecule has 0 aliphatic rings. The maximum Gasteiger partial charge on any atom is 0.269 e. The quantitative estimate of drug-likeness (QED) is 0.454. The van der Waals surface area contributed by atoms with Crippen LogP contribution in [-0.2, 0) is 10.0 Å². The Hall–Kier alpha value is -2.97. The van der Waals surface area contributed by atoms with Crippen molar-refractivity contribution in [2.24, 2.45) is 0 Å². The predicted molar refractivity (Wildman–Crippen MR) is 115 cm³/mol. The molecule has 0 N–H and O–H groups in total. The number of thiophene rings is 1. The lowest BCUT2D eigenvalue weighted by atomic mass is 10.1. The molecule has 148 valence electrons. The third-order valence-corrected chi connectivity index (χ3v) is 7.50. The fourth-order valence-corrected chi connectivity index (χ4v) is 5.52. The van der Waals surface area contributed by atoms with Crippen LogP contribution < -0.4 is 4.31 Å². The highest BCUT2D eigenvalue weighted by Gasteiger charge is 2.28.